The summed E-state index contributed by atoms with van der Waals surface area (Å²) in [7, 11) is 0. The lowest BCUT2D eigenvalue weighted by atomic mass is 9.83. The largest absolute Gasteiger partial charge is 0.445 e. The van der Waals surface area contributed by atoms with Gasteiger partial charge in [0.1, 0.15) is 12.7 Å². The molecule has 0 spiro atoms. The predicted octanol–water partition coefficient (Wildman–Crippen LogP) is 4.25. The van der Waals surface area contributed by atoms with Crippen LogP contribution in [0.2, 0.25) is 0 Å². The van der Waals surface area contributed by atoms with Gasteiger partial charge in [0.25, 0.3) is 5.91 Å². The van der Waals surface area contributed by atoms with Crippen LogP contribution in [0.4, 0.5) is 4.79 Å². The minimum Gasteiger partial charge on any atom is -0.445 e. The van der Waals surface area contributed by atoms with Crippen molar-refractivity contribution in [3.63, 3.8) is 0 Å². The summed E-state index contributed by atoms with van der Waals surface area (Å²) in [6, 6.07) is 14.0. The molecule has 1 aromatic carbocycles. The summed E-state index contributed by atoms with van der Waals surface area (Å²) in [5.74, 6) is -0.133. The SMILES string of the molecule is CC(C)O[C@H](NC(=O)OCc1ccccc1)C(=O)NC(CC1CCCCC1)[C@@H](O)c1ccccn1. The highest BCUT2D eigenvalue weighted by atomic mass is 16.6. The first kappa shape index (κ1) is 26.6. The maximum Gasteiger partial charge on any atom is 0.409 e. The van der Waals surface area contributed by atoms with Gasteiger partial charge in [-0.15, -0.1) is 0 Å². The summed E-state index contributed by atoms with van der Waals surface area (Å²) >= 11 is 0. The van der Waals surface area contributed by atoms with E-state index in [1.54, 1.807) is 38.2 Å². The molecule has 1 heterocycles. The smallest absolute Gasteiger partial charge is 0.409 e. The predicted molar refractivity (Wildman–Crippen MR) is 132 cm³/mol. The Hall–Kier alpha value is -2.97. The van der Waals surface area contributed by atoms with Crippen LogP contribution in [0, 0.1) is 5.92 Å². The third-order valence-electron chi connectivity index (χ3n) is 6.12. The molecule has 1 saturated carbocycles. The number of nitrogens with one attached hydrogen (secondary N) is 2. The second-order valence-electron chi connectivity index (χ2n) is 9.33. The van der Waals surface area contributed by atoms with E-state index in [1.807, 2.05) is 30.3 Å². The third kappa shape index (κ3) is 8.96. The van der Waals surface area contributed by atoms with Crippen LogP contribution in [-0.4, -0.2) is 40.5 Å². The Labute approximate surface area is 207 Å². The Morgan fingerprint density at radius 2 is 1.74 bits per heavy atom. The van der Waals surface area contributed by atoms with Gasteiger partial charge in [-0.1, -0.05) is 68.5 Å². The van der Waals surface area contributed by atoms with Crippen LogP contribution in [0.25, 0.3) is 0 Å². The van der Waals surface area contributed by atoms with Crippen molar-refractivity contribution in [3.05, 3.63) is 66.0 Å². The molecule has 1 aliphatic rings. The zero-order valence-electron chi connectivity index (χ0n) is 20.6. The van der Waals surface area contributed by atoms with E-state index in [0.29, 0.717) is 18.0 Å². The molecule has 3 atom stereocenters. The van der Waals surface area contributed by atoms with Crippen molar-refractivity contribution in [2.24, 2.45) is 5.92 Å². The maximum absolute atomic E-state index is 13.2. The topological polar surface area (TPSA) is 110 Å². The molecule has 1 fully saturated rings. The molecular formula is C27H37N3O5. The lowest BCUT2D eigenvalue weighted by Gasteiger charge is -2.31. The number of carbonyl (C=O) groups is 2. The number of hydrogen-bond donors (Lipinski definition) is 3. The number of amides is 2. The molecule has 3 rings (SSSR count). The van der Waals surface area contributed by atoms with Crippen LogP contribution in [-0.2, 0) is 20.9 Å². The van der Waals surface area contributed by atoms with Crippen LogP contribution in [0.3, 0.4) is 0 Å². The van der Waals surface area contributed by atoms with E-state index in [1.165, 1.54) is 6.42 Å². The number of aromatic nitrogens is 1. The minimum atomic E-state index is -1.26. The van der Waals surface area contributed by atoms with Crippen molar-refractivity contribution >= 4 is 12.0 Å². The first-order valence-corrected chi connectivity index (χ1v) is 12.4. The molecule has 2 aromatic rings. The van der Waals surface area contributed by atoms with Gasteiger partial charge in [0.05, 0.1) is 17.8 Å². The maximum atomic E-state index is 13.2. The summed E-state index contributed by atoms with van der Waals surface area (Å²) in [5.41, 5.74) is 1.32. The average molecular weight is 484 g/mol. The van der Waals surface area contributed by atoms with Crippen molar-refractivity contribution in [3.8, 4) is 0 Å². The molecule has 3 N–H and O–H groups in total. The van der Waals surface area contributed by atoms with Crippen molar-refractivity contribution in [2.75, 3.05) is 0 Å². The Bertz CT molecular complexity index is 904. The third-order valence-corrected chi connectivity index (χ3v) is 6.12. The molecule has 0 bridgehead atoms. The van der Waals surface area contributed by atoms with Crippen LogP contribution in [0.15, 0.2) is 54.7 Å². The molecule has 2 amide bonds. The second kappa shape index (κ2) is 13.8. The number of nitrogens with zero attached hydrogens (tertiary/aromatic N) is 1. The van der Waals surface area contributed by atoms with Crippen LogP contribution in [0.5, 0.6) is 0 Å². The van der Waals surface area contributed by atoms with E-state index >= 15 is 0 Å². The quantitative estimate of drug-likeness (QED) is 0.412. The van der Waals surface area contributed by atoms with E-state index in [0.717, 1.165) is 31.2 Å². The fourth-order valence-electron chi connectivity index (χ4n) is 4.37. The molecule has 1 aliphatic carbocycles. The number of rotatable bonds is 11. The zero-order chi connectivity index (χ0) is 25.0. The van der Waals surface area contributed by atoms with Crippen LogP contribution >= 0.6 is 0 Å². The minimum absolute atomic E-state index is 0.0748. The van der Waals surface area contributed by atoms with Crippen LogP contribution < -0.4 is 10.6 Å². The molecule has 1 unspecified atom stereocenters. The van der Waals surface area contributed by atoms with Crippen molar-refractivity contribution in [2.45, 2.75) is 83.5 Å². The van der Waals surface area contributed by atoms with Gasteiger partial charge < -0.3 is 19.9 Å². The van der Waals surface area contributed by atoms with E-state index in [-0.39, 0.29) is 12.7 Å². The van der Waals surface area contributed by atoms with Crippen molar-refractivity contribution in [1.82, 2.24) is 15.6 Å². The molecule has 0 saturated heterocycles. The fourth-order valence-corrected chi connectivity index (χ4v) is 4.37. The average Bonchev–Trinajstić information content (AvgIpc) is 2.87. The summed E-state index contributed by atoms with van der Waals surface area (Å²) in [5, 5.41) is 16.5. The Balaban J connectivity index is 1.67. The summed E-state index contributed by atoms with van der Waals surface area (Å²) in [6.07, 6.45) is 4.57. The number of aliphatic hydroxyl groups is 1. The number of pyridine rings is 1. The lowest BCUT2D eigenvalue weighted by molar-refractivity contribution is -0.139. The van der Waals surface area contributed by atoms with E-state index in [2.05, 4.69) is 15.6 Å². The van der Waals surface area contributed by atoms with E-state index in [9.17, 15) is 14.7 Å². The van der Waals surface area contributed by atoms with Crippen LogP contribution in [0.1, 0.15) is 69.7 Å². The Morgan fingerprint density at radius 3 is 2.40 bits per heavy atom. The first-order chi connectivity index (χ1) is 16.9. The van der Waals surface area contributed by atoms with Gasteiger partial charge >= 0.3 is 6.09 Å². The molecule has 8 heteroatoms. The second-order valence-corrected chi connectivity index (χ2v) is 9.33. The van der Waals surface area contributed by atoms with Gasteiger partial charge in [-0.05, 0) is 43.9 Å². The summed E-state index contributed by atoms with van der Waals surface area (Å²) < 4.78 is 11.0. The van der Waals surface area contributed by atoms with E-state index < -0.39 is 30.4 Å². The standard InChI is InChI=1S/C27H37N3O5/c1-19(2)35-26(30-27(33)34-18-21-13-7-4-8-14-21)25(32)29-23(17-20-11-5-3-6-12-20)24(31)22-15-9-10-16-28-22/h4,7-10,13-16,19-20,23-24,26,31H,3,5-6,11-12,17-18H2,1-2H3,(H,29,32)(H,30,33)/t23?,24-,26-/m0/s1. The van der Waals surface area contributed by atoms with Gasteiger partial charge in [-0.25, -0.2) is 4.79 Å². The highest BCUT2D eigenvalue weighted by molar-refractivity contribution is 5.84. The number of alkyl carbamates (subject to hydrolysis) is 1. The first-order valence-electron chi connectivity index (χ1n) is 12.4. The van der Waals surface area contributed by atoms with E-state index in [4.69, 9.17) is 9.47 Å². The highest BCUT2D eigenvalue weighted by Crippen LogP contribution is 2.30. The Kier molecular flexibility index (Phi) is 10.5. The molecular weight excluding hydrogens is 446 g/mol. The fraction of sp³-hybridized carbons (Fsp3) is 0.519. The van der Waals surface area contributed by atoms with Gasteiger partial charge in [-0.2, -0.15) is 0 Å². The van der Waals surface area contributed by atoms with Crippen molar-refractivity contribution in [1.29, 1.82) is 0 Å². The number of aliphatic hydroxyl groups excluding tert-OH is 1. The lowest BCUT2D eigenvalue weighted by Crippen LogP contribution is -2.53. The molecule has 1 aromatic heterocycles. The van der Waals surface area contributed by atoms with Crippen molar-refractivity contribution < 1.29 is 24.2 Å². The summed E-state index contributed by atoms with van der Waals surface area (Å²) in [6.45, 7) is 3.63. The molecule has 0 aliphatic heterocycles. The molecule has 190 valence electrons. The molecule has 8 nitrogen and oxygen atoms in total. The normalized spacial score (nSPS) is 16.8. The highest BCUT2D eigenvalue weighted by Gasteiger charge is 2.31. The number of carbonyl (C=O) groups excluding carboxylic acids is 2. The van der Waals surface area contributed by atoms with Gasteiger partial charge in [0, 0.05) is 6.20 Å². The van der Waals surface area contributed by atoms with Gasteiger partial charge in [-0.3, -0.25) is 15.1 Å². The van der Waals surface area contributed by atoms with Gasteiger partial charge in [0.2, 0.25) is 6.23 Å². The summed E-state index contributed by atoms with van der Waals surface area (Å²) in [4.78, 5) is 29.9. The molecule has 0 radical (unpaired) electrons. The zero-order valence-corrected chi connectivity index (χ0v) is 20.6. The molecule has 35 heavy (non-hydrogen) atoms. The monoisotopic (exact) mass is 483 g/mol. The number of hydrogen-bond acceptors (Lipinski definition) is 6. The number of benzene rings is 1. The number of ether oxygens (including phenoxy) is 2. The van der Waals surface area contributed by atoms with Gasteiger partial charge in [0.15, 0.2) is 0 Å². The Morgan fingerprint density at radius 1 is 1.03 bits per heavy atom.